The van der Waals surface area contributed by atoms with Crippen molar-refractivity contribution in [2.24, 2.45) is 5.73 Å². The van der Waals surface area contributed by atoms with E-state index in [2.05, 4.69) is 10.4 Å². The molecule has 2 rings (SSSR count). The molecule has 2 aromatic rings. The number of ketones is 1. The molecule has 0 radical (unpaired) electrons. The number of nitrogens with two attached hydrogens (primary N) is 1. The maximum Gasteiger partial charge on any atom is 0.416 e. The number of amides is 1. The number of halogens is 5. The van der Waals surface area contributed by atoms with Gasteiger partial charge in [0.2, 0.25) is 10.8 Å². The molecule has 152 valence electrons. The Bertz CT molecular complexity index is 924. The lowest BCUT2D eigenvalue weighted by atomic mass is 10.2. The maximum absolute atomic E-state index is 13.0. The Hall–Kier alpha value is -1.95. The minimum Gasteiger partial charge on any atom is -0.611 e. The first-order valence-electron chi connectivity index (χ1n) is 7.40. The normalized spacial score (nSPS) is 12.7. The van der Waals surface area contributed by atoms with E-state index in [1.54, 1.807) is 0 Å². The summed E-state index contributed by atoms with van der Waals surface area (Å²) in [4.78, 5) is 23.0. The van der Waals surface area contributed by atoms with Crippen molar-refractivity contribution in [3.8, 4) is 5.69 Å². The number of aromatic nitrogens is 2. The van der Waals surface area contributed by atoms with E-state index in [0.29, 0.717) is 12.1 Å². The predicted molar refractivity (Wildman–Crippen MR) is 98.6 cm³/mol. The third-order valence-corrected chi connectivity index (χ3v) is 4.99. The number of anilines is 1. The smallest absolute Gasteiger partial charge is 0.416 e. The number of hydrogen-bond acceptors (Lipinski definition) is 5. The van der Waals surface area contributed by atoms with Gasteiger partial charge in [0.15, 0.2) is 17.3 Å². The second kappa shape index (κ2) is 8.19. The van der Waals surface area contributed by atoms with E-state index < -0.39 is 51.2 Å². The van der Waals surface area contributed by atoms with Crippen LogP contribution in [-0.4, -0.2) is 38.8 Å². The van der Waals surface area contributed by atoms with Crippen LogP contribution in [0.5, 0.6) is 0 Å². The maximum atomic E-state index is 13.0. The summed E-state index contributed by atoms with van der Waals surface area (Å²) < 4.78 is 52.0. The highest BCUT2D eigenvalue weighted by Crippen LogP contribution is 2.39. The molecule has 1 unspecified atom stereocenters. The standard InChI is InChI=1S/C15H13Cl2F3N4O3S/c1-6(25)11-13(28(2)27)14(22-5-10(21)26)24(23-11)12-8(16)3-7(4-9(12)17)15(18,19)20/h3-4,22H,5H2,1-2H3,(H2,21,26). The Morgan fingerprint density at radius 2 is 1.86 bits per heavy atom. The van der Waals surface area contributed by atoms with Gasteiger partial charge in [-0.25, -0.2) is 4.68 Å². The Labute approximate surface area is 170 Å². The fourth-order valence-electron chi connectivity index (χ4n) is 2.33. The molecule has 3 N–H and O–H groups in total. The van der Waals surface area contributed by atoms with Gasteiger partial charge < -0.3 is 15.6 Å². The summed E-state index contributed by atoms with van der Waals surface area (Å²) >= 11 is 10.3. The first kappa shape index (κ1) is 22.3. The first-order chi connectivity index (χ1) is 12.8. The molecule has 28 heavy (non-hydrogen) atoms. The average molecular weight is 457 g/mol. The SMILES string of the molecule is CC(=O)c1nn(-c2c(Cl)cc(C(F)(F)F)cc2Cl)c(NCC(N)=O)c1[S+](C)[O-]. The van der Waals surface area contributed by atoms with Crippen LogP contribution in [0.3, 0.4) is 0 Å². The van der Waals surface area contributed by atoms with Gasteiger partial charge in [-0.15, -0.1) is 0 Å². The number of hydrogen-bond donors (Lipinski definition) is 2. The number of carbonyl (C=O) groups is 2. The number of carbonyl (C=O) groups excluding carboxylic acids is 2. The quantitative estimate of drug-likeness (QED) is 0.512. The van der Waals surface area contributed by atoms with E-state index in [0.717, 1.165) is 11.6 Å². The summed E-state index contributed by atoms with van der Waals surface area (Å²) in [6, 6.07) is 1.27. The molecule has 13 heteroatoms. The summed E-state index contributed by atoms with van der Waals surface area (Å²) in [5.41, 5.74) is 3.60. The lowest BCUT2D eigenvalue weighted by molar-refractivity contribution is -0.137. The van der Waals surface area contributed by atoms with Gasteiger partial charge in [0.05, 0.1) is 22.2 Å². The zero-order chi connectivity index (χ0) is 21.4. The summed E-state index contributed by atoms with van der Waals surface area (Å²) in [6.07, 6.45) is -3.43. The lowest BCUT2D eigenvalue weighted by Gasteiger charge is -2.15. The number of primary amides is 1. The number of Topliss-reactive ketones (excluding diaryl/α,β-unsaturated/α-hetero) is 1. The highest BCUT2D eigenvalue weighted by atomic mass is 35.5. The fourth-order valence-corrected chi connectivity index (χ4v) is 3.86. The van der Waals surface area contributed by atoms with Crippen LogP contribution in [0.1, 0.15) is 23.0 Å². The molecule has 0 bridgehead atoms. The van der Waals surface area contributed by atoms with Gasteiger partial charge in [-0.2, -0.15) is 18.3 Å². The second-order valence-electron chi connectivity index (χ2n) is 5.55. The Morgan fingerprint density at radius 3 is 2.25 bits per heavy atom. The highest BCUT2D eigenvalue weighted by molar-refractivity contribution is 7.91. The van der Waals surface area contributed by atoms with Gasteiger partial charge in [0, 0.05) is 6.92 Å². The molecular weight excluding hydrogens is 444 g/mol. The van der Waals surface area contributed by atoms with Crippen LogP contribution in [0.25, 0.3) is 5.69 Å². The molecule has 1 aromatic heterocycles. The van der Waals surface area contributed by atoms with Crippen molar-refractivity contribution < 1.29 is 27.3 Å². The van der Waals surface area contributed by atoms with Crippen LogP contribution in [-0.2, 0) is 22.1 Å². The molecule has 0 saturated heterocycles. The van der Waals surface area contributed by atoms with Gasteiger partial charge >= 0.3 is 6.18 Å². The third-order valence-electron chi connectivity index (χ3n) is 3.45. The predicted octanol–water partition coefficient (Wildman–Crippen LogP) is 3.04. The van der Waals surface area contributed by atoms with E-state index in [-0.39, 0.29) is 22.1 Å². The largest absolute Gasteiger partial charge is 0.611 e. The number of alkyl halides is 3. The molecular formula is C15H13Cl2F3N4O3S. The third kappa shape index (κ3) is 4.54. The van der Waals surface area contributed by atoms with Gasteiger partial charge in [-0.05, 0) is 23.3 Å². The zero-order valence-corrected chi connectivity index (χ0v) is 16.7. The fraction of sp³-hybridized carbons (Fsp3) is 0.267. The van der Waals surface area contributed by atoms with Crippen molar-refractivity contribution in [2.75, 3.05) is 18.1 Å². The van der Waals surface area contributed by atoms with Gasteiger partial charge in [-0.3, -0.25) is 9.59 Å². The molecule has 0 saturated carbocycles. The van der Waals surface area contributed by atoms with Crippen molar-refractivity contribution in [3.05, 3.63) is 33.4 Å². The minimum atomic E-state index is -4.69. The molecule has 1 aromatic carbocycles. The van der Waals surface area contributed by atoms with Crippen LogP contribution in [0.15, 0.2) is 17.0 Å². The number of rotatable bonds is 6. The van der Waals surface area contributed by atoms with E-state index in [4.69, 9.17) is 28.9 Å². The number of nitrogens with zero attached hydrogens (tertiary/aromatic N) is 2. The van der Waals surface area contributed by atoms with E-state index in [1.807, 2.05) is 0 Å². The summed E-state index contributed by atoms with van der Waals surface area (Å²) in [7, 11) is 0. The molecule has 7 nitrogen and oxygen atoms in total. The molecule has 0 fully saturated rings. The van der Waals surface area contributed by atoms with Gasteiger partial charge in [0.1, 0.15) is 11.9 Å². The van der Waals surface area contributed by atoms with E-state index >= 15 is 0 Å². The molecule has 1 heterocycles. The average Bonchev–Trinajstić information content (AvgIpc) is 2.91. The Kier molecular flexibility index (Phi) is 6.54. The summed E-state index contributed by atoms with van der Waals surface area (Å²) in [5, 5.41) is 5.73. The topological polar surface area (TPSA) is 113 Å². The van der Waals surface area contributed by atoms with Crippen LogP contribution >= 0.6 is 23.2 Å². The molecule has 1 amide bonds. The van der Waals surface area contributed by atoms with Gasteiger partial charge in [-0.1, -0.05) is 23.2 Å². The molecule has 0 spiro atoms. The zero-order valence-electron chi connectivity index (χ0n) is 14.4. The van der Waals surface area contributed by atoms with Crippen molar-refractivity contribution >= 4 is 51.9 Å². The van der Waals surface area contributed by atoms with Crippen molar-refractivity contribution in [2.45, 2.75) is 18.0 Å². The number of benzene rings is 1. The van der Waals surface area contributed by atoms with Crippen LogP contribution in [0.2, 0.25) is 10.0 Å². The van der Waals surface area contributed by atoms with E-state index in [1.165, 1.54) is 6.26 Å². The van der Waals surface area contributed by atoms with Crippen molar-refractivity contribution in [3.63, 3.8) is 0 Å². The minimum absolute atomic E-state index is 0.0687. The Balaban J connectivity index is 2.79. The van der Waals surface area contributed by atoms with E-state index in [9.17, 15) is 27.3 Å². The van der Waals surface area contributed by atoms with Crippen molar-refractivity contribution in [1.29, 1.82) is 0 Å². The van der Waals surface area contributed by atoms with Crippen LogP contribution in [0, 0.1) is 0 Å². The molecule has 0 aliphatic rings. The number of nitrogens with one attached hydrogen (secondary N) is 1. The molecule has 1 atom stereocenters. The monoisotopic (exact) mass is 456 g/mol. The highest BCUT2D eigenvalue weighted by Gasteiger charge is 2.34. The molecule has 0 aliphatic carbocycles. The van der Waals surface area contributed by atoms with Crippen LogP contribution < -0.4 is 11.1 Å². The summed E-state index contributed by atoms with van der Waals surface area (Å²) in [6.45, 7) is 0.736. The lowest BCUT2D eigenvalue weighted by Crippen LogP contribution is -2.24. The first-order valence-corrected chi connectivity index (χ1v) is 9.72. The van der Waals surface area contributed by atoms with Crippen LogP contribution in [0.4, 0.5) is 19.0 Å². The second-order valence-corrected chi connectivity index (χ2v) is 7.69. The summed E-state index contributed by atoms with van der Waals surface area (Å²) in [5.74, 6) is -1.45. The Morgan fingerprint density at radius 1 is 1.32 bits per heavy atom. The van der Waals surface area contributed by atoms with Gasteiger partial charge in [0.25, 0.3) is 0 Å². The van der Waals surface area contributed by atoms with Crippen molar-refractivity contribution in [1.82, 2.24) is 9.78 Å². The molecule has 0 aliphatic heterocycles.